The lowest BCUT2D eigenvalue weighted by Crippen LogP contribution is -2.41. The van der Waals surface area contributed by atoms with E-state index in [0.29, 0.717) is 18.2 Å². The number of thioether (sulfide) groups is 2. The number of rotatable bonds is 5. The van der Waals surface area contributed by atoms with Crippen molar-refractivity contribution in [2.24, 2.45) is 0 Å². The van der Waals surface area contributed by atoms with Gasteiger partial charge in [0.1, 0.15) is 5.82 Å². The number of amides is 2. The molecule has 0 spiro atoms. The van der Waals surface area contributed by atoms with Crippen molar-refractivity contribution in [1.29, 1.82) is 0 Å². The Bertz CT molecular complexity index is 592. The SMILES string of the molecule is O=C(NCCc1nc2ccccc2[nH]1)NC[C@H]1CSCCS1. The third-order valence-electron chi connectivity index (χ3n) is 3.46. The molecule has 1 atom stereocenters. The Balaban J connectivity index is 1.37. The lowest BCUT2D eigenvalue weighted by Gasteiger charge is -2.21. The van der Waals surface area contributed by atoms with Crippen molar-refractivity contribution in [3.8, 4) is 0 Å². The molecule has 1 aliphatic heterocycles. The number of H-pyrrole nitrogens is 1. The Labute approximate surface area is 138 Å². The zero-order chi connectivity index (χ0) is 15.2. The number of hydrogen-bond acceptors (Lipinski definition) is 4. The van der Waals surface area contributed by atoms with Gasteiger partial charge in [0.05, 0.1) is 11.0 Å². The summed E-state index contributed by atoms with van der Waals surface area (Å²) < 4.78 is 0. The fourth-order valence-corrected chi connectivity index (χ4v) is 4.95. The Morgan fingerprint density at radius 3 is 3.05 bits per heavy atom. The van der Waals surface area contributed by atoms with E-state index in [0.717, 1.165) is 29.2 Å². The van der Waals surface area contributed by atoms with Crippen molar-refractivity contribution in [1.82, 2.24) is 20.6 Å². The van der Waals surface area contributed by atoms with Gasteiger partial charge in [0.2, 0.25) is 0 Å². The van der Waals surface area contributed by atoms with Gasteiger partial charge in [-0.2, -0.15) is 23.5 Å². The number of aromatic nitrogens is 2. The Hall–Kier alpha value is -1.34. The second-order valence-electron chi connectivity index (χ2n) is 5.16. The fraction of sp³-hybridized carbons (Fsp3) is 0.467. The maximum atomic E-state index is 11.8. The third-order valence-corrected chi connectivity index (χ3v) is 6.31. The molecule has 22 heavy (non-hydrogen) atoms. The van der Waals surface area contributed by atoms with E-state index < -0.39 is 0 Å². The molecule has 1 saturated heterocycles. The molecule has 2 aromatic rings. The second kappa shape index (κ2) is 7.78. The molecule has 5 nitrogen and oxygen atoms in total. The topological polar surface area (TPSA) is 69.8 Å². The number of fused-ring (bicyclic) bond motifs is 1. The lowest BCUT2D eigenvalue weighted by molar-refractivity contribution is 0.241. The number of nitrogens with one attached hydrogen (secondary N) is 3. The van der Waals surface area contributed by atoms with Gasteiger partial charge in [-0.3, -0.25) is 0 Å². The number of imidazole rings is 1. The van der Waals surface area contributed by atoms with Gasteiger partial charge in [0.15, 0.2) is 0 Å². The Morgan fingerprint density at radius 2 is 2.23 bits per heavy atom. The molecule has 0 bridgehead atoms. The van der Waals surface area contributed by atoms with Crippen LogP contribution in [-0.2, 0) is 6.42 Å². The molecule has 1 fully saturated rings. The quantitative estimate of drug-likeness (QED) is 0.783. The van der Waals surface area contributed by atoms with Crippen LogP contribution in [0.2, 0.25) is 0 Å². The van der Waals surface area contributed by atoms with E-state index in [4.69, 9.17) is 0 Å². The smallest absolute Gasteiger partial charge is 0.314 e. The predicted octanol–water partition coefficient (Wildman–Crippen LogP) is 2.25. The Kier molecular flexibility index (Phi) is 5.50. The minimum atomic E-state index is -0.0905. The van der Waals surface area contributed by atoms with Gasteiger partial charge < -0.3 is 15.6 Å². The number of carbonyl (C=O) groups excluding carboxylic acids is 1. The van der Waals surface area contributed by atoms with Crippen LogP contribution in [0.1, 0.15) is 5.82 Å². The molecule has 0 saturated carbocycles. The minimum Gasteiger partial charge on any atom is -0.342 e. The van der Waals surface area contributed by atoms with E-state index in [-0.39, 0.29) is 6.03 Å². The summed E-state index contributed by atoms with van der Waals surface area (Å²) in [4.78, 5) is 19.5. The van der Waals surface area contributed by atoms with E-state index in [1.54, 1.807) is 0 Å². The molecule has 2 heterocycles. The predicted molar refractivity (Wildman–Crippen MR) is 94.8 cm³/mol. The second-order valence-corrected chi connectivity index (χ2v) is 7.71. The average Bonchev–Trinajstić information content (AvgIpc) is 2.96. The molecule has 0 radical (unpaired) electrons. The summed E-state index contributed by atoms with van der Waals surface area (Å²) in [6.07, 6.45) is 0.704. The average molecular weight is 336 g/mol. The number of nitrogens with zero attached hydrogens (tertiary/aromatic N) is 1. The van der Waals surface area contributed by atoms with Crippen LogP contribution < -0.4 is 10.6 Å². The summed E-state index contributed by atoms with van der Waals surface area (Å²) in [6, 6.07) is 7.85. The highest BCUT2D eigenvalue weighted by atomic mass is 32.2. The number of para-hydroxylation sites is 2. The number of carbonyl (C=O) groups is 1. The summed E-state index contributed by atoms with van der Waals surface area (Å²) in [5.74, 6) is 4.44. The largest absolute Gasteiger partial charge is 0.342 e. The standard InChI is InChI=1S/C15H20N4OS2/c20-15(17-9-11-10-21-7-8-22-11)16-6-5-14-18-12-3-1-2-4-13(12)19-14/h1-4,11H,5-10H2,(H,18,19)(H2,16,17,20)/t11-/m0/s1. The molecule has 1 aliphatic rings. The molecule has 3 rings (SSSR count). The van der Waals surface area contributed by atoms with Crippen LogP contribution >= 0.6 is 23.5 Å². The summed E-state index contributed by atoms with van der Waals surface area (Å²) in [7, 11) is 0. The van der Waals surface area contributed by atoms with Gasteiger partial charge in [-0.15, -0.1) is 0 Å². The van der Waals surface area contributed by atoms with Crippen LogP contribution in [0.4, 0.5) is 4.79 Å². The van der Waals surface area contributed by atoms with E-state index in [1.165, 1.54) is 11.5 Å². The first-order valence-corrected chi connectivity index (χ1v) is 9.66. The molecule has 1 aromatic heterocycles. The first-order valence-electron chi connectivity index (χ1n) is 7.46. The number of hydrogen-bond donors (Lipinski definition) is 3. The molecule has 2 amide bonds. The van der Waals surface area contributed by atoms with Crippen LogP contribution in [0.3, 0.4) is 0 Å². The van der Waals surface area contributed by atoms with Crippen LogP contribution in [-0.4, -0.2) is 51.6 Å². The van der Waals surface area contributed by atoms with E-state index in [9.17, 15) is 4.79 Å². The highest BCUT2D eigenvalue weighted by Crippen LogP contribution is 2.23. The summed E-state index contributed by atoms with van der Waals surface area (Å²) in [5.41, 5.74) is 2.00. The molecule has 1 aromatic carbocycles. The van der Waals surface area contributed by atoms with Crippen molar-refractivity contribution < 1.29 is 4.79 Å². The van der Waals surface area contributed by atoms with Gasteiger partial charge in [0, 0.05) is 42.0 Å². The van der Waals surface area contributed by atoms with E-state index in [1.807, 2.05) is 47.8 Å². The van der Waals surface area contributed by atoms with Gasteiger partial charge in [-0.05, 0) is 12.1 Å². The normalized spacial score (nSPS) is 18.3. The first-order chi connectivity index (χ1) is 10.8. The van der Waals surface area contributed by atoms with Crippen molar-refractivity contribution >= 4 is 40.6 Å². The van der Waals surface area contributed by atoms with Gasteiger partial charge in [0.25, 0.3) is 0 Å². The van der Waals surface area contributed by atoms with Crippen LogP contribution in [0, 0.1) is 0 Å². The van der Waals surface area contributed by atoms with Crippen molar-refractivity contribution in [2.45, 2.75) is 11.7 Å². The highest BCUT2D eigenvalue weighted by Gasteiger charge is 2.14. The molecule has 0 aliphatic carbocycles. The summed E-state index contributed by atoms with van der Waals surface area (Å²) in [5, 5.41) is 6.38. The van der Waals surface area contributed by atoms with Crippen LogP contribution in [0.15, 0.2) is 24.3 Å². The zero-order valence-corrected chi connectivity index (χ0v) is 13.9. The number of benzene rings is 1. The molecule has 0 unspecified atom stereocenters. The van der Waals surface area contributed by atoms with Crippen LogP contribution in [0.25, 0.3) is 11.0 Å². The number of aromatic amines is 1. The monoisotopic (exact) mass is 336 g/mol. The van der Waals surface area contributed by atoms with Gasteiger partial charge >= 0.3 is 6.03 Å². The van der Waals surface area contributed by atoms with Crippen molar-refractivity contribution in [3.05, 3.63) is 30.1 Å². The Morgan fingerprint density at radius 1 is 1.32 bits per heavy atom. The number of urea groups is 1. The maximum Gasteiger partial charge on any atom is 0.314 e. The van der Waals surface area contributed by atoms with Crippen molar-refractivity contribution in [3.63, 3.8) is 0 Å². The highest BCUT2D eigenvalue weighted by molar-refractivity contribution is 8.06. The third kappa shape index (κ3) is 4.33. The molecular weight excluding hydrogens is 316 g/mol. The maximum absolute atomic E-state index is 11.8. The summed E-state index contributed by atoms with van der Waals surface area (Å²) >= 11 is 3.92. The van der Waals surface area contributed by atoms with Crippen molar-refractivity contribution in [2.75, 3.05) is 30.3 Å². The van der Waals surface area contributed by atoms with E-state index >= 15 is 0 Å². The van der Waals surface area contributed by atoms with E-state index in [2.05, 4.69) is 20.6 Å². The molecule has 118 valence electrons. The van der Waals surface area contributed by atoms with Crippen LogP contribution in [0.5, 0.6) is 0 Å². The summed E-state index contributed by atoms with van der Waals surface area (Å²) in [6.45, 7) is 1.33. The van der Waals surface area contributed by atoms with Gasteiger partial charge in [-0.25, -0.2) is 9.78 Å². The minimum absolute atomic E-state index is 0.0905. The molecular formula is C15H20N4OS2. The fourth-order valence-electron chi connectivity index (χ4n) is 2.34. The zero-order valence-electron chi connectivity index (χ0n) is 12.3. The first kappa shape index (κ1) is 15.6. The molecule has 7 heteroatoms. The lowest BCUT2D eigenvalue weighted by atomic mass is 10.3. The molecule has 3 N–H and O–H groups in total. The van der Waals surface area contributed by atoms with Gasteiger partial charge in [-0.1, -0.05) is 12.1 Å².